The molecule has 0 unspecified atom stereocenters. The number of benzene rings is 1. The van der Waals surface area contributed by atoms with Gasteiger partial charge in [0.1, 0.15) is 5.56 Å². The first-order valence-electron chi connectivity index (χ1n) is 6.84. The minimum Gasteiger partial charge on any atom is -0.266 e. The topological polar surface area (TPSA) is 34.9 Å². The number of nitrogens with zero attached hydrogens (tertiary/aromatic N) is 2. The van der Waals surface area contributed by atoms with Gasteiger partial charge in [0.15, 0.2) is 0 Å². The van der Waals surface area contributed by atoms with Crippen LogP contribution in [0.1, 0.15) is 36.5 Å². The van der Waals surface area contributed by atoms with Crippen molar-refractivity contribution < 1.29 is 0 Å². The number of hydrogen-bond acceptors (Lipinski definition) is 2. The third-order valence-electron chi connectivity index (χ3n) is 2.84. The lowest BCUT2D eigenvalue weighted by molar-refractivity contribution is 0.703. The summed E-state index contributed by atoms with van der Waals surface area (Å²) in [5.74, 6) is 12.0. The maximum Gasteiger partial charge on any atom is 0.283 e. The predicted molar refractivity (Wildman–Crippen MR) is 83.7 cm³/mol. The van der Waals surface area contributed by atoms with Crippen molar-refractivity contribution >= 4 is 0 Å². The van der Waals surface area contributed by atoms with Crippen molar-refractivity contribution in [2.24, 2.45) is 7.05 Å². The second kappa shape index (κ2) is 7.12. The van der Waals surface area contributed by atoms with Crippen molar-refractivity contribution in [3.63, 3.8) is 0 Å². The zero-order chi connectivity index (χ0) is 15.1. The highest BCUT2D eigenvalue weighted by Gasteiger charge is 2.05. The summed E-state index contributed by atoms with van der Waals surface area (Å²) in [7, 11) is 1.61. The van der Waals surface area contributed by atoms with Gasteiger partial charge in [-0.3, -0.25) is 4.79 Å². The minimum atomic E-state index is -0.221. The van der Waals surface area contributed by atoms with E-state index in [0.717, 1.165) is 18.4 Å². The first-order valence-corrected chi connectivity index (χ1v) is 6.84. The summed E-state index contributed by atoms with van der Waals surface area (Å²) in [5, 5.41) is 4.01. The molecule has 0 amide bonds. The number of rotatable bonds is 1. The fourth-order valence-corrected chi connectivity index (χ4v) is 1.69. The molecular formula is C18H16N2O. The maximum absolute atomic E-state index is 12.2. The molecule has 0 saturated heterocycles. The molecule has 0 aliphatic heterocycles. The van der Waals surface area contributed by atoms with E-state index in [2.05, 4.69) is 35.7 Å². The van der Waals surface area contributed by atoms with Crippen LogP contribution in [0.5, 0.6) is 0 Å². The lowest BCUT2D eigenvalue weighted by atomic mass is 10.1. The predicted octanol–water partition coefficient (Wildman–Crippen LogP) is 2.33. The number of hydrogen-bond donors (Lipinski definition) is 0. The summed E-state index contributed by atoms with van der Waals surface area (Å²) in [4.78, 5) is 12.2. The Morgan fingerprint density at radius 3 is 2.62 bits per heavy atom. The van der Waals surface area contributed by atoms with E-state index < -0.39 is 0 Å². The Balaban J connectivity index is 2.47. The molecule has 1 aromatic carbocycles. The van der Waals surface area contributed by atoms with Crippen LogP contribution in [0.15, 0.2) is 41.3 Å². The van der Waals surface area contributed by atoms with Crippen LogP contribution < -0.4 is 5.56 Å². The molecule has 0 bridgehead atoms. The maximum atomic E-state index is 12.2. The third kappa shape index (κ3) is 3.84. The van der Waals surface area contributed by atoms with E-state index in [-0.39, 0.29) is 5.56 Å². The highest BCUT2D eigenvalue weighted by molar-refractivity contribution is 5.50. The fourth-order valence-electron chi connectivity index (χ4n) is 1.69. The summed E-state index contributed by atoms with van der Waals surface area (Å²) in [5.41, 5.74) is 1.64. The van der Waals surface area contributed by atoms with Crippen LogP contribution in [0.25, 0.3) is 0 Å². The van der Waals surface area contributed by atoms with Crippen LogP contribution >= 0.6 is 0 Å². The van der Waals surface area contributed by atoms with Gasteiger partial charge in [-0.1, -0.05) is 48.8 Å². The minimum absolute atomic E-state index is 0.221. The Hall–Kier alpha value is -2.78. The van der Waals surface area contributed by atoms with E-state index in [1.165, 1.54) is 4.68 Å². The van der Waals surface area contributed by atoms with E-state index in [4.69, 9.17) is 0 Å². The monoisotopic (exact) mass is 276 g/mol. The highest BCUT2D eigenvalue weighted by atomic mass is 16.1. The van der Waals surface area contributed by atoms with E-state index in [1.54, 1.807) is 13.2 Å². The van der Waals surface area contributed by atoms with Gasteiger partial charge in [-0.2, -0.15) is 5.10 Å². The van der Waals surface area contributed by atoms with Crippen molar-refractivity contribution in [1.29, 1.82) is 0 Å². The molecule has 1 aromatic heterocycles. The third-order valence-corrected chi connectivity index (χ3v) is 2.84. The quantitative estimate of drug-likeness (QED) is 0.749. The highest BCUT2D eigenvalue weighted by Crippen LogP contribution is 2.01. The molecule has 0 saturated carbocycles. The molecule has 0 aliphatic rings. The normalized spacial score (nSPS) is 9.24. The van der Waals surface area contributed by atoms with E-state index in [1.807, 2.05) is 30.3 Å². The Morgan fingerprint density at radius 1 is 1.14 bits per heavy atom. The number of unbranched alkanes of at least 4 members (excludes halogenated alkanes) is 1. The first-order chi connectivity index (χ1) is 10.2. The second-order valence-corrected chi connectivity index (χ2v) is 4.53. The van der Waals surface area contributed by atoms with Crippen molar-refractivity contribution in [3.05, 3.63) is 63.6 Å². The summed E-state index contributed by atoms with van der Waals surface area (Å²) < 4.78 is 1.28. The molecule has 0 spiro atoms. The Labute approximate surface area is 124 Å². The molecule has 0 fully saturated rings. The molecular weight excluding hydrogens is 260 g/mol. The van der Waals surface area contributed by atoms with Crippen LogP contribution in [-0.4, -0.2) is 9.78 Å². The van der Waals surface area contributed by atoms with Gasteiger partial charge in [-0.15, -0.1) is 0 Å². The van der Waals surface area contributed by atoms with Crippen molar-refractivity contribution in [1.82, 2.24) is 9.78 Å². The van der Waals surface area contributed by atoms with Crippen LogP contribution in [0.2, 0.25) is 0 Å². The second-order valence-electron chi connectivity index (χ2n) is 4.53. The molecule has 104 valence electrons. The summed E-state index contributed by atoms with van der Waals surface area (Å²) in [6.07, 6.45) is 3.37. The van der Waals surface area contributed by atoms with Gasteiger partial charge in [0.25, 0.3) is 5.56 Å². The first kappa shape index (κ1) is 14.6. The molecule has 0 radical (unpaired) electrons. The molecule has 3 nitrogen and oxygen atoms in total. The lowest BCUT2D eigenvalue weighted by Gasteiger charge is -1.99. The average molecular weight is 276 g/mol. The van der Waals surface area contributed by atoms with Crippen LogP contribution in [-0.2, 0) is 7.05 Å². The largest absolute Gasteiger partial charge is 0.283 e. The van der Waals surface area contributed by atoms with Gasteiger partial charge in [0.2, 0.25) is 0 Å². The SMILES string of the molecule is CCCC#Cc1cnn(C)c(=O)c1C#Cc1ccccc1. The lowest BCUT2D eigenvalue weighted by Crippen LogP contribution is -2.23. The molecule has 2 aromatic rings. The molecule has 3 heteroatoms. The van der Waals surface area contributed by atoms with Crippen molar-refractivity contribution in [2.75, 3.05) is 0 Å². The standard InChI is InChI=1S/C18H16N2O/c1-3-4-6-11-16-14-19-20(2)18(21)17(16)13-12-15-9-7-5-8-10-15/h5,7-10,14H,3-4H2,1-2H3. The van der Waals surface area contributed by atoms with Gasteiger partial charge in [-0.25, -0.2) is 4.68 Å². The molecule has 0 aliphatic carbocycles. The Bertz CT molecular complexity index is 796. The number of aryl methyl sites for hydroxylation is 1. The fraction of sp³-hybridized carbons (Fsp3) is 0.222. The van der Waals surface area contributed by atoms with Gasteiger partial charge in [0, 0.05) is 19.0 Å². The van der Waals surface area contributed by atoms with E-state index in [0.29, 0.717) is 11.1 Å². The average Bonchev–Trinajstić information content (AvgIpc) is 2.51. The zero-order valence-corrected chi connectivity index (χ0v) is 12.2. The molecule has 1 heterocycles. The van der Waals surface area contributed by atoms with Crippen molar-refractivity contribution in [3.8, 4) is 23.7 Å². The number of aromatic nitrogens is 2. The summed E-state index contributed by atoms with van der Waals surface area (Å²) >= 11 is 0. The van der Waals surface area contributed by atoms with E-state index in [9.17, 15) is 4.79 Å². The Kier molecular flexibility index (Phi) is 4.96. The van der Waals surface area contributed by atoms with Gasteiger partial charge < -0.3 is 0 Å². The summed E-state index contributed by atoms with van der Waals surface area (Å²) in [6, 6.07) is 9.56. The smallest absolute Gasteiger partial charge is 0.266 e. The van der Waals surface area contributed by atoms with Gasteiger partial charge >= 0.3 is 0 Å². The van der Waals surface area contributed by atoms with E-state index >= 15 is 0 Å². The zero-order valence-electron chi connectivity index (χ0n) is 12.2. The van der Waals surface area contributed by atoms with Crippen molar-refractivity contribution in [2.45, 2.75) is 19.8 Å². The molecule has 21 heavy (non-hydrogen) atoms. The molecule has 2 rings (SSSR count). The molecule has 0 N–H and O–H groups in total. The van der Waals surface area contributed by atoms with Crippen LogP contribution in [0.3, 0.4) is 0 Å². The summed E-state index contributed by atoms with van der Waals surface area (Å²) in [6.45, 7) is 2.06. The van der Waals surface area contributed by atoms with Gasteiger partial charge in [0.05, 0.1) is 11.8 Å². The molecule has 0 atom stereocenters. The van der Waals surface area contributed by atoms with Crippen LogP contribution in [0, 0.1) is 23.7 Å². The van der Waals surface area contributed by atoms with Crippen LogP contribution in [0.4, 0.5) is 0 Å². The van der Waals surface area contributed by atoms with Gasteiger partial charge in [-0.05, 0) is 18.6 Å². The Morgan fingerprint density at radius 2 is 1.90 bits per heavy atom.